The molecule has 1 rings (SSSR count). The fraction of sp³-hybridized carbons (Fsp3) is 0.286. The maximum atomic E-state index is 10.2. The average Bonchev–Trinajstić information content (AvgIpc) is 1.88. The topological polar surface area (TPSA) is 20.3 Å². The summed E-state index contributed by atoms with van der Waals surface area (Å²) in [5, 5.41) is 0. The van der Waals surface area contributed by atoms with Crippen LogP contribution in [0.4, 0.5) is 0 Å². The van der Waals surface area contributed by atoms with Gasteiger partial charge in [0.2, 0.25) is 0 Å². The summed E-state index contributed by atoms with van der Waals surface area (Å²) in [5.74, 6) is 0. The third-order valence-electron chi connectivity index (χ3n) is 1.21. The second-order valence-electron chi connectivity index (χ2n) is 2.08. The highest BCUT2D eigenvalue weighted by atomic mass is 16.1. The van der Waals surface area contributed by atoms with Crippen molar-refractivity contribution in [2.75, 3.05) is 7.05 Å². The lowest BCUT2D eigenvalue weighted by atomic mass is 10.2. The molecule has 0 radical (unpaired) electrons. The van der Waals surface area contributed by atoms with Crippen molar-refractivity contribution < 1.29 is 4.79 Å². The molecule has 9 heavy (non-hydrogen) atoms. The van der Waals surface area contributed by atoms with E-state index in [4.69, 9.17) is 0 Å². The molecule has 0 aromatic carbocycles. The molecule has 0 bridgehead atoms. The third kappa shape index (κ3) is 1.42. The molecule has 2 nitrogen and oxygen atoms in total. The molecular weight excluding hydrogens is 114 g/mol. The van der Waals surface area contributed by atoms with Crippen LogP contribution in [-0.2, 0) is 4.79 Å². The highest BCUT2D eigenvalue weighted by molar-refractivity contribution is 5.73. The van der Waals surface area contributed by atoms with Gasteiger partial charge in [0.1, 0.15) is 6.29 Å². The van der Waals surface area contributed by atoms with Crippen LogP contribution in [0.5, 0.6) is 0 Å². The average molecular weight is 123 g/mol. The van der Waals surface area contributed by atoms with Crippen molar-refractivity contribution in [1.29, 1.82) is 0 Å². The molecule has 0 unspecified atom stereocenters. The molecule has 0 aromatic heterocycles. The van der Waals surface area contributed by atoms with Gasteiger partial charge < -0.3 is 4.90 Å². The van der Waals surface area contributed by atoms with Gasteiger partial charge in [0.15, 0.2) is 0 Å². The first-order valence-corrected chi connectivity index (χ1v) is 2.87. The number of carbonyl (C=O) groups is 1. The van der Waals surface area contributed by atoms with Crippen LogP contribution in [0, 0.1) is 0 Å². The number of carbonyl (C=O) groups excluding carboxylic acids is 1. The first kappa shape index (κ1) is 6.08. The first-order chi connectivity index (χ1) is 4.33. The van der Waals surface area contributed by atoms with E-state index in [1.54, 1.807) is 0 Å². The summed E-state index contributed by atoms with van der Waals surface area (Å²) >= 11 is 0. The Morgan fingerprint density at radius 3 is 3.00 bits per heavy atom. The summed E-state index contributed by atoms with van der Waals surface area (Å²) in [6, 6.07) is 0. The molecule has 2 heteroatoms. The van der Waals surface area contributed by atoms with Crippen molar-refractivity contribution >= 4 is 6.29 Å². The van der Waals surface area contributed by atoms with Gasteiger partial charge in [-0.05, 0) is 12.6 Å². The van der Waals surface area contributed by atoms with E-state index in [1.807, 2.05) is 30.4 Å². The quantitative estimate of drug-likeness (QED) is 0.483. The van der Waals surface area contributed by atoms with Gasteiger partial charge in [0.25, 0.3) is 0 Å². The molecule has 1 heterocycles. The van der Waals surface area contributed by atoms with Gasteiger partial charge in [-0.3, -0.25) is 4.79 Å². The van der Waals surface area contributed by atoms with E-state index in [0.717, 1.165) is 18.3 Å². The smallest absolute Gasteiger partial charge is 0.147 e. The maximum absolute atomic E-state index is 10.2. The van der Waals surface area contributed by atoms with Gasteiger partial charge in [-0.25, -0.2) is 0 Å². The molecule has 0 spiro atoms. The molecule has 1 aliphatic heterocycles. The Kier molecular flexibility index (Phi) is 1.68. The second-order valence-corrected chi connectivity index (χ2v) is 2.08. The van der Waals surface area contributed by atoms with E-state index in [1.165, 1.54) is 0 Å². The fourth-order valence-electron chi connectivity index (χ4n) is 0.791. The zero-order valence-electron chi connectivity index (χ0n) is 5.37. The van der Waals surface area contributed by atoms with Crippen LogP contribution in [0.25, 0.3) is 0 Å². The van der Waals surface area contributed by atoms with Gasteiger partial charge >= 0.3 is 0 Å². The first-order valence-electron chi connectivity index (χ1n) is 2.87. The molecule has 0 aromatic rings. The summed E-state index contributed by atoms with van der Waals surface area (Å²) in [7, 11) is 1.90. The van der Waals surface area contributed by atoms with Gasteiger partial charge in [0, 0.05) is 18.8 Å². The Morgan fingerprint density at radius 2 is 2.56 bits per heavy atom. The van der Waals surface area contributed by atoms with Crippen molar-refractivity contribution in [2.45, 2.75) is 6.42 Å². The summed E-state index contributed by atoms with van der Waals surface area (Å²) in [6.07, 6.45) is 7.39. The molecule has 48 valence electrons. The van der Waals surface area contributed by atoms with Crippen molar-refractivity contribution in [1.82, 2.24) is 4.90 Å². The van der Waals surface area contributed by atoms with Crippen molar-refractivity contribution in [2.24, 2.45) is 0 Å². The van der Waals surface area contributed by atoms with E-state index in [0.29, 0.717) is 0 Å². The van der Waals surface area contributed by atoms with Crippen LogP contribution in [0.15, 0.2) is 24.0 Å². The minimum atomic E-state index is 0.772. The number of rotatable bonds is 1. The van der Waals surface area contributed by atoms with Gasteiger partial charge in [0.05, 0.1) is 0 Å². The molecule has 1 aliphatic rings. The van der Waals surface area contributed by atoms with Crippen LogP contribution in [0.2, 0.25) is 0 Å². The predicted molar refractivity (Wildman–Crippen MR) is 35.7 cm³/mol. The van der Waals surface area contributed by atoms with E-state index in [9.17, 15) is 4.79 Å². The maximum Gasteiger partial charge on any atom is 0.147 e. The van der Waals surface area contributed by atoms with Crippen LogP contribution in [-0.4, -0.2) is 18.2 Å². The van der Waals surface area contributed by atoms with Crippen LogP contribution >= 0.6 is 0 Å². The fourth-order valence-corrected chi connectivity index (χ4v) is 0.791. The van der Waals surface area contributed by atoms with Crippen molar-refractivity contribution in [3.05, 3.63) is 24.0 Å². The zero-order valence-corrected chi connectivity index (χ0v) is 5.37. The molecule has 0 saturated heterocycles. The van der Waals surface area contributed by atoms with Crippen LogP contribution < -0.4 is 0 Å². The van der Waals surface area contributed by atoms with Gasteiger partial charge in [-0.1, -0.05) is 6.08 Å². The molecular formula is C7H9NO. The van der Waals surface area contributed by atoms with Crippen LogP contribution in [0.3, 0.4) is 0 Å². The predicted octanol–water partition coefficient (Wildman–Crippen LogP) is 0.918. The lowest BCUT2D eigenvalue weighted by Gasteiger charge is -2.12. The minimum Gasteiger partial charge on any atom is -0.357 e. The second kappa shape index (κ2) is 2.49. The van der Waals surface area contributed by atoms with Crippen LogP contribution in [0.1, 0.15) is 6.42 Å². The van der Waals surface area contributed by atoms with E-state index in [2.05, 4.69) is 0 Å². The van der Waals surface area contributed by atoms with E-state index >= 15 is 0 Å². The molecule has 0 amide bonds. The molecule has 0 saturated carbocycles. The molecule has 0 atom stereocenters. The number of allylic oxidation sites excluding steroid dienone is 2. The Bertz CT molecular complexity index is 170. The van der Waals surface area contributed by atoms with Crippen molar-refractivity contribution in [3.63, 3.8) is 0 Å². The largest absolute Gasteiger partial charge is 0.357 e. The number of nitrogens with zero attached hydrogens (tertiary/aromatic N) is 1. The normalized spacial score (nSPS) is 17.4. The lowest BCUT2D eigenvalue weighted by molar-refractivity contribution is -0.105. The summed E-state index contributed by atoms with van der Waals surface area (Å²) < 4.78 is 0. The molecule has 0 N–H and O–H groups in total. The Morgan fingerprint density at radius 1 is 1.78 bits per heavy atom. The molecule has 0 aliphatic carbocycles. The lowest BCUT2D eigenvalue weighted by Crippen LogP contribution is -2.06. The van der Waals surface area contributed by atoms with Gasteiger partial charge in [-0.15, -0.1) is 0 Å². The van der Waals surface area contributed by atoms with Gasteiger partial charge in [-0.2, -0.15) is 0 Å². The molecule has 0 fully saturated rings. The number of hydrogen-bond donors (Lipinski definition) is 0. The number of aldehydes is 1. The standard InChI is InChI=1S/C7H9NO/c1-8-4-2-3-7(5-8)6-9/h2,4-6H,3H2,1H3. The Balaban J connectivity index is 2.65. The SMILES string of the molecule is CN1C=CCC(C=O)=C1. The Hall–Kier alpha value is -1.05. The summed E-state index contributed by atoms with van der Waals surface area (Å²) in [4.78, 5) is 12.0. The number of hydrogen-bond acceptors (Lipinski definition) is 2. The highest BCUT2D eigenvalue weighted by Crippen LogP contribution is 2.06. The Labute approximate surface area is 54.5 Å². The zero-order chi connectivity index (χ0) is 6.69. The van der Waals surface area contributed by atoms with Crippen molar-refractivity contribution in [3.8, 4) is 0 Å². The monoisotopic (exact) mass is 123 g/mol. The summed E-state index contributed by atoms with van der Waals surface area (Å²) in [5.41, 5.74) is 0.833. The highest BCUT2D eigenvalue weighted by Gasteiger charge is 1.97. The van der Waals surface area contributed by atoms with E-state index in [-0.39, 0.29) is 0 Å². The minimum absolute atomic E-state index is 0.772. The summed E-state index contributed by atoms with van der Waals surface area (Å²) in [6.45, 7) is 0. The van der Waals surface area contributed by atoms with E-state index < -0.39 is 0 Å². The third-order valence-corrected chi connectivity index (χ3v) is 1.21.